The highest BCUT2D eigenvalue weighted by Crippen LogP contribution is 2.26. The Morgan fingerprint density at radius 3 is 2.88 bits per heavy atom. The van der Waals surface area contributed by atoms with Crippen molar-refractivity contribution in [2.75, 3.05) is 36.1 Å². The van der Waals surface area contributed by atoms with E-state index in [-0.39, 0.29) is 5.95 Å². The molecule has 1 saturated heterocycles. The molecule has 0 radical (unpaired) electrons. The molecule has 1 aromatic rings. The summed E-state index contributed by atoms with van der Waals surface area (Å²) in [5.74, 6) is 1.69. The number of β-amino-alcohol motifs (C(OH)–C–C–N with tert-alkyl or cyclic N) is 1. The third-order valence-electron chi connectivity index (χ3n) is 2.76. The predicted octanol–water partition coefficient (Wildman–Crippen LogP) is 0.0616. The van der Waals surface area contributed by atoms with E-state index in [1.54, 1.807) is 7.05 Å². The molecule has 0 aromatic carbocycles. The Morgan fingerprint density at radius 2 is 2.31 bits per heavy atom. The molecule has 1 fully saturated rings. The van der Waals surface area contributed by atoms with Crippen molar-refractivity contribution in [1.82, 2.24) is 9.97 Å². The van der Waals surface area contributed by atoms with Crippen molar-refractivity contribution in [3.63, 3.8) is 0 Å². The summed E-state index contributed by atoms with van der Waals surface area (Å²) < 4.78 is 0. The van der Waals surface area contributed by atoms with Gasteiger partial charge in [-0.15, -0.1) is 0 Å². The summed E-state index contributed by atoms with van der Waals surface area (Å²) in [5.41, 5.74) is 4.98. The summed E-state index contributed by atoms with van der Waals surface area (Å²) in [6, 6.07) is 1.83. The summed E-state index contributed by atoms with van der Waals surface area (Å²) in [6.45, 7) is 3.19. The van der Waals surface area contributed by atoms with E-state index in [0.717, 1.165) is 18.8 Å². The van der Waals surface area contributed by atoms with Crippen LogP contribution >= 0.6 is 0 Å². The van der Waals surface area contributed by atoms with E-state index in [9.17, 15) is 5.11 Å². The number of aliphatic hydroxyl groups is 1. The first-order valence-electron chi connectivity index (χ1n) is 5.30. The van der Waals surface area contributed by atoms with Crippen molar-refractivity contribution in [2.24, 2.45) is 0 Å². The lowest BCUT2D eigenvalue weighted by molar-refractivity contribution is 0.0839. The lowest BCUT2D eigenvalue weighted by Gasteiger charge is -2.20. The van der Waals surface area contributed by atoms with Gasteiger partial charge in [-0.3, -0.25) is 0 Å². The van der Waals surface area contributed by atoms with Gasteiger partial charge in [0.15, 0.2) is 0 Å². The van der Waals surface area contributed by atoms with Gasteiger partial charge in [-0.2, -0.15) is 9.97 Å². The van der Waals surface area contributed by atoms with E-state index in [4.69, 9.17) is 5.73 Å². The smallest absolute Gasteiger partial charge is 0.223 e. The number of hydrogen-bond donors (Lipinski definition) is 3. The van der Waals surface area contributed by atoms with Gasteiger partial charge in [0.1, 0.15) is 11.6 Å². The van der Waals surface area contributed by atoms with Crippen molar-refractivity contribution >= 4 is 17.6 Å². The van der Waals surface area contributed by atoms with E-state index in [1.165, 1.54) is 0 Å². The summed E-state index contributed by atoms with van der Waals surface area (Å²) in [6.07, 6.45) is 0.742. The van der Waals surface area contributed by atoms with Crippen molar-refractivity contribution in [3.05, 3.63) is 6.07 Å². The Balaban J connectivity index is 2.24. The molecule has 0 amide bonds. The minimum absolute atomic E-state index is 0.244. The van der Waals surface area contributed by atoms with Crippen LogP contribution in [0, 0.1) is 0 Å². The number of anilines is 3. The van der Waals surface area contributed by atoms with Crippen LogP contribution in [-0.4, -0.2) is 40.8 Å². The molecule has 0 bridgehead atoms. The van der Waals surface area contributed by atoms with Crippen LogP contribution in [0.1, 0.15) is 13.3 Å². The quantitative estimate of drug-likeness (QED) is 0.657. The van der Waals surface area contributed by atoms with Gasteiger partial charge in [0.2, 0.25) is 5.95 Å². The first-order chi connectivity index (χ1) is 7.50. The fraction of sp³-hybridized carbons (Fsp3) is 0.600. The number of nitrogens with zero attached hydrogens (tertiary/aromatic N) is 3. The minimum Gasteiger partial charge on any atom is -0.388 e. The van der Waals surface area contributed by atoms with E-state index >= 15 is 0 Å². The number of aromatic nitrogens is 2. The zero-order valence-electron chi connectivity index (χ0n) is 9.56. The topological polar surface area (TPSA) is 87.3 Å². The Hall–Kier alpha value is -1.56. The van der Waals surface area contributed by atoms with Gasteiger partial charge < -0.3 is 21.1 Å². The maximum atomic E-state index is 9.89. The Labute approximate surface area is 94.5 Å². The van der Waals surface area contributed by atoms with Crippen molar-refractivity contribution < 1.29 is 5.11 Å². The van der Waals surface area contributed by atoms with E-state index in [2.05, 4.69) is 15.3 Å². The van der Waals surface area contributed by atoms with E-state index in [1.807, 2.05) is 17.9 Å². The first-order valence-corrected chi connectivity index (χ1v) is 5.30. The van der Waals surface area contributed by atoms with E-state index < -0.39 is 5.60 Å². The SMILES string of the molecule is CNc1cc(N2CCC(C)(O)C2)nc(N)n1. The molecule has 4 N–H and O–H groups in total. The molecule has 6 heteroatoms. The van der Waals surface area contributed by atoms with Gasteiger partial charge in [-0.1, -0.05) is 0 Å². The molecule has 1 aliphatic heterocycles. The van der Waals surface area contributed by atoms with Crippen LogP contribution in [0.4, 0.5) is 17.6 Å². The predicted molar refractivity (Wildman–Crippen MR) is 63.4 cm³/mol. The lowest BCUT2D eigenvalue weighted by atomic mass is 10.1. The van der Waals surface area contributed by atoms with Crippen LogP contribution < -0.4 is 16.0 Å². The minimum atomic E-state index is -0.639. The zero-order valence-corrected chi connectivity index (χ0v) is 9.56. The number of hydrogen-bond acceptors (Lipinski definition) is 6. The van der Waals surface area contributed by atoms with Gasteiger partial charge in [-0.05, 0) is 13.3 Å². The number of nitrogen functional groups attached to an aromatic ring is 1. The molecule has 2 heterocycles. The first kappa shape index (κ1) is 10.9. The van der Waals surface area contributed by atoms with Crippen LogP contribution in [0.25, 0.3) is 0 Å². The molecule has 1 atom stereocenters. The van der Waals surface area contributed by atoms with Crippen LogP contribution in [-0.2, 0) is 0 Å². The molecule has 88 valence electrons. The molecule has 6 nitrogen and oxygen atoms in total. The number of nitrogens with one attached hydrogen (secondary N) is 1. The molecule has 16 heavy (non-hydrogen) atoms. The summed E-state index contributed by atoms with van der Waals surface area (Å²) >= 11 is 0. The number of nitrogens with two attached hydrogens (primary N) is 1. The van der Waals surface area contributed by atoms with Crippen LogP contribution in [0.3, 0.4) is 0 Å². The molecule has 0 spiro atoms. The fourth-order valence-electron chi connectivity index (χ4n) is 1.88. The molecule has 2 rings (SSSR count). The van der Waals surface area contributed by atoms with Gasteiger partial charge in [0, 0.05) is 26.2 Å². The summed E-state index contributed by atoms with van der Waals surface area (Å²) in [5, 5.41) is 12.8. The lowest BCUT2D eigenvalue weighted by Crippen LogP contribution is -2.30. The zero-order chi connectivity index (χ0) is 11.8. The van der Waals surface area contributed by atoms with Gasteiger partial charge in [0.05, 0.1) is 5.60 Å². The van der Waals surface area contributed by atoms with Crippen LogP contribution in [0.2, 0.25) is 0 Å². The molecule has 1 aliphatic rings. The van der Waals surface area contributed by atoms with Crippen molar-refractivity contribution in [2.45, 2.75) is 18.9 Å². The summed E-state index contributed by atoms with van der Waals surface area (Å²) in [4.78, 5) is 10.2. The molecule has 0 aliphatic carbocycles. The Kier molecular flexibility index (Phi) is 2.59. The highest BCUT2D eigenvalue weighted by atomic mass is 16.3. The van der Waals surface area contributed by atoms with Gasteiger partial charge >= 0.3 is 0 Å². The maximum Gasteiger partial charge on any atom is 0.223 e. The largest absolute Gasteiger partial charge is 0.388 e. The molecule has 1 unspecified atom stereocenters. The average Bonchev–Trinajstić information content (AvgIpc) is 2.58. The highest BCUT2D eigenvalue weighted by molar-refractivity contribution is 5.53. The van der Waals surface area contributed by atoms with E-state index in [0.29, 0.717) is 12.4 Å². The standard InChI is InChI=1S/C10H17N5O/c1-10(16)3-4-15(6-10)8-5-7(12-2)13-9(11)14-8/h5,16H,3-4,6H2,1-2H3,(H3,11,12,13,14). The fourth-order valence-corrected chi connectivity index (χ4v) is 1.88. The summed E-state index contributed by atoms with van der Waals surface area (Å²) in [7, 11) is 1.78. The molecular weight excluding hydrogens is 206 g/mol. The molecular formula is C10H17N5O. The number of rotatable bonds is 2. The van der Waals surface area contributed by atoms with Crippen molar-refractivity contribution in [1.29, 1.82) is 0 Å². The van der Waals surface area contributed by atoms with Gasteiger partial charge in [0.25, 0.3) is 0 Å². The third kappa shape index (κ3) is 2.16. The molecule has 1 aromatic heterocycles. The van der Waals surface area contributed by atoms with Crippen LogP contribution in [0.5, 0.6) is 0 Å². The second-order valence-electron chi connectivity index (χ2n) is 4.39. The second kappa shape index (κ2) is 3.79. The monoisotopic (exact) mass is 223 g/mol. The highest BCUT2D eigenvalue weighted by Gasteiger charge is 2.32. The average molecular weight is 223 g/mol. The second-order valence-corrected chi connectivity index (χ2v) is 4.39. The van der Waals surface area contributed by atoms with Crippen LogP contribution in [0.15, 0.2) is 6.07 Å². The Morgan fingerprint density at radius 1 is 1.56 bits per heavy atom. The maximum absolute atomic E-state index is 9.89. The normalized spacial score (nSPS) is 24.8. The third-order valence-corrected chi connectivity index (χ3v) is 2.76. The molecule has 0 saturated carbocycles. The van der Waals surface area contributed by atoms with Crippen molar-refractivity contribution in [3.8, 4) is 0 Å². The Bertz CT molecular complexity index is 393. The van der Waals surface area contributed by atoms with Gasteiger partial charge in [-0.25, -0.2) is 0 Å².